The van der Waals surface area contributed by atoms with Crippen molar-refractivity contribution >= 4 is 11.6 Å². The Bertz CT molecular complexity index is 1070. The topological polar surface area (TPSA) is 38.8 Å². The van der Waals surface area contributed by atoms with Crippen molar-refractivity contribution in [2.45, 2.75) is 44.2 Å². The van der Waals surface area contributed by atoms with Gasteiger partial charge >= 0.3 is 0 Å². The number of fused-ring (bicyclic) bond motifs is 2. The van der Waals surface area contributed by atoms with Gasteiger partial charge in [0, 0.05) is 6.07 Å². The molecule has 0 bridgehead atoms. The molecule has 5 rings (SSSR count). The summed E-state index contributed by atoms with van der Waals surface area (Å²) in [4.78, 5) is 15.6. The maximum Gasteiger partial charge on any atom is 0.238 e. The number of hydrogen-bond acceptors (Lipinski definition) is 3. The molecule has 0 saturated heterocycles. The molecule has 0 aromatic heterocycles. The van der Waals surface area contributed by atoms with Crippen LogP contribution in [0.4, 0.5) is 5.69 Å². The first-order chi connectivity index (χ1) is 15.2. The van der Waals surface area contributed by atoms with Gasteiger partial charge in [-0.3, -0.25) is 4.79 Å². The molecule has 0 atom stereocenters. The lowest BCUT2D eigenvalue weighted by atomic mass is 9.80. The fraction of sp³-hybridized carbons (Fsp3) is 0.296. The summed E-state index contributed by atoms with van der Waals surface area (Å²) in [5.74, 6) is 1.85. The van der Waals surface area contributed by atoms with E-state index in [1.807, 2.05) is 59.5 Å². The Kier molecular flexibility index (Phi) is 5.14. The average molecular weight is 414 g/mol. The predicted octanol–water partition coefficient (Wildman–Crippen LogP) is 5.63. The normalized spacial score (nSPS) is 16.5. The van der Waals surface area contributed by atoms with Gasteiger partial charge in [-0.2, -0.15) is 0 Å². The highest BCUT2D eigenvalue weighted by molar-refractivity contribution is 6.08. The van der Waals surface area contributed by atoms with Crippen molar-refractivity contribution in [2.24, 2.45) is 0 Å². The fourth-order valence-corrected chi connectivity index (χ4v) is 4.99. The van der Waals surface area contributed by atoms with Crippen molar-refractivity contribution < 1.29 is 14.3 Å². The van der Waals surface area contributed by atoms with Crippen LogP contribution in [0.3, 0.4) is 0 Å². The van der Waals surface area contributed by atoms with Crippen LogP contribution in [-0.4, -0.2) is 13.0 Å². The van der Waals surface area contributed by atoms with E-state index in [2.05, 4.69) is 18.2 Å². The third kappa shape index (κ3) is 3.56. The first-order valence-corrected chi connectivity index (χ1v) is 11.0. The second-order valence-electron chi connectivity index (χ2n) is 8.48. The number of benzene rings is 3. The van der Waals surface area contributed by atoms with Crippen LogP contribution in [0.2, 0.25) is 0 Å². The molecule has 1 amide bonds. The molecular formula is C27H27NO3. The highest BCUT2D eigenvalue weighted by Gasteiger charge is 2.52. The predicted molar refractivity (Wildman–Crippen MR) is 122 cm³/mol. The molecule has 0 N–H and O–H groups in total. The summed E-state index contributed by atoms with van der Waals surface area (Å²) in [5.41, 5.74) is 4.01. The fourth-order valence-electron chi connectivity index (χ4n) is 4.99. The minimum absolute atomic E-state index is 0.232. The monoisotopic (exact) mass is 413 g/mol. The van der Waals surface area contributed by atoms with Gasteiger partial charge in [0.2, 0.25) is 5.91 Å². The summed E-state index contributed by atoms with van der Waals surface area (Å²) in [7, 11) is 1.66. The van der Waals surface area contributed by atoms with E-state index >= 15 is 0 Å². The van der Waals surface area contributed by atoms with Gasteiger partial charge in [-0.1, -0.05) is 61.4 Å². The van der Waals surface area contributed by atoms with E-state index in [1.165, 1.54) is 0 Å². The molecule has 0 unspecified atom stereocenters. The van der Waals surface area contributed by atoms with E-state index in [-0.39, 0.29) is 11.3 Å². The van der Waals surface area contributed by atoms with Crippen LogP contribution in [-0.2, 0) is 23.4 Å². The van der Waals surface area contributed by atoms with Crippen LogP contribution in [0.1, 0.15) is 42.4 Å². The van der Waals surface area contributed by atoms with Crippen LogP contribution in [0.25, 0.3) is 0 Å². The highest BCUT2D eigenvalue weighted by atomic mass is 16.5. The van der Waals surface area contributed by atoms with Gasteiger partial charge in [-0.25, -0.2) is 0 Å². The Labute approximate surface area is 183 Å². The summed E-state index contributed by atoms with van der Waals surface area (Å²) in [6, 6.07) is 24.3. The van der Waals surface area contributed by atoms with Gasteiger partial charge in [-0.05, 0) is 47.7 Å². The maximum atomic E-state index is 13.7. The number of anilines is 1. The first-order valence-electron chi connectivity index (χ1n) is 11.0. The summed E-state index contributed by atoms with van der Waals surface area (Å²) in [6.45, 7) is 1.07. The minimum Gasteiger partial charge on any atom is -0.497 e. The standard InChI is InChI=1S/C27H27NO3/c1-30-22-11-9-20(10-12-22)18-28-25-17-23(31-19-21-7-3-2-4-8-21)13-14-24(25)27(26(28)29)15-5-6-16-27/h2-4,7-14,17H,5-6,15-16,18-19H2,1H3. The van der Waals surface area contributed by atoms with Crippen molar-refractivity contribution in [3.8, 4) is 11.5 Å². The number of methoxy groups -OCH3 is 1. The van der Waals surface area contributed by atoms with Crippen molar-refractivity contribution in [3.05, 3.63) is 89.5 Å². The second kappa shape index (κ2) is 8.10. The van der Waals surface area contributed by atoms with Gasteiger partial charge in [-0.15, -0.1) is 0 Å². The first kappa shape index (κ1) is 19.7. The Morgan fingerprint density at radius 1 is 0.871 bits per heavy atom. The molecule has 158 valence electrons. The Balaban J connectivity index is 1.45. The molecule has 3 aromatic carbocycles. The third-order valence-electron chi connectivity index (χ3n) is 6.64. The number of ether oxygens (including phenoxy) is 2. The van der Waals surface area contributed by atoms with Gasteiger partial charge in [0.15, 0.2) is 0 Å². The SMILES string of the molecule is COc1ccc(CN2C(=O)C3(CCCC3)c3ccc(OCc4ccccc4)cc32)cc1. The average Bonchev–Trinajstić information content (AvgIpc) is 3.40. The summed E-state index contributed by atoms with van der Waals surface area (Å²) in [5, 5.41) is 0. The molecule has 1 aliphatic carbocycles. The van der Waals surface area contributed by atoms with Gasteiger partial charge in [0.25, 0.3) is 0 Å². The summed E-state index contributed by atoms with van der Waals surface area (Å²) >= 11 is 0. The van der Waals surface area contributed by atoms with E-state index in [4.69, 9.17) is 9.47 Å². The quantitative estimate of drug-likeness (QED) is 0.525. The maximum absolute atomic E-state index is 13.7. The Morgan fingerprint density at radius 3 is 2.29 bits per heavy atom. The molecule has 1 fully saturated rings. The molecule has 4 heteroatoms. The number of hydrogen-bond donors (Lipinski definition) is 0. The molecule has 0 radical (unpaired) electrons. The van der Waals surface area contributed by atoms with E-state index < -0.39 is 0 Å². The van der Waals surface area contributed by atoms with Gasteiger partial charge < -0.3 is 14.4 Å². The van der Waals surface area contributed by atoms with E-state index in [0.29, 0.717) is 13.2 Å². The van der Waals surface area contributed by atoms with Crippen LogP contribution in [0, 0.1) is 0 Å². The van der Waals surface area contributed by atoms with Crippen LogP contribution in [0.5, 0.6) is 11.5 Å². The lowest BCUT2D eigenvalue weighted by Gasteiger charge is -2.23. The second-order valence-corrected chi connectivity index (χ2v) is 8.48. The number of carbonyl (C=O) groups is 1. The van der Waals surface area contributed by atoms with Crippen LogP contribution >= 0.6 is 0 Å². The van der Waals surface area contributed by atoms with Crippen molar-refractivity contribution in [1.82, 2.24) is 0 Å². The molecular weight excluding hydrogens is 386 g/mol. The number of rotatable bonds is 6. The Morgan fingerprint density at radius 2 is 1.58 bits per heavy atom. The van der Waals surface area contributed by atoms with E-state index in [9.17, 15) is 4.79 Å². The van der Waals surface area contributed by atoms with Crippen LogP contribution in [0.15, 0.2) is 72.8 Å². The molecule has 1 spiro atoms. The van der Waals surface area contributed by atoms with Gasteiger partial charge in [0.05, 0.1) is 24.8 Å². The van der Waals surface area contributed by atoms with Gasteiger partial charge in [0.1, 0.15) is 18.1 Å². The number of nitrogens with zero attached hydrogens (tertiary/aromatic N) is 1. The summed E-state index contributed by atoms with van der Waals surface area (Å²) < 4.78 is 11.4. The highest BCUT2D eigenvalue weighted by Crippen LogP contribution is 2.52. The van der Waals surface area contributed by atoms with E-state index in [1.54, 1.807) is 7.11 Å². The molecule has 1 saturated carbocycles. The lowest BCUT2D eigenvalue weighted by molar-refractivity contribution is -0.123. The molecule has 31 heavy (non-hydrogen) atoms. The summed E-state index contributed by atoms with van der Waals surface area (Å²) in [6.07, 6.45) is 4.08. The third-order valence-corrected chi connectivity index (χ3v) is 6.64. The van der Waals surface area contributed by atoms with Crippen molar-refractivity contribution in [1.29, 1.82) is 0 Å². The molecule has 4 nitrogen and oxygen atoms in total. The van der Waals surface area contributed by atoms with Crippen molar-refractivity contribution in [3.63, 3.8) is 0 Å². The Hall–Kier alpha value is -3.27. The smallest absolute Gasteiger partial charge is 0.238 e. The molecule has 1 heterocycles. The largest absolute Gasteiger partial charge is 0.497 e. The zero-order valence-corrected chi connectivity index (χ0v) is 17.8. The molecule has 2 aliphatic rings. The van der Waals surface area contributed by atoms with E-state index in [0.717, 1.165) is 59.6 Å². The zero-order valence-electron chi connectivity index (χ0n) is 17.8. The zero-order chi connectivity index (χ0) is 21.3. The van der Waals surface area contributed by atoms with Crippen molar-refractivity contribution in [2.75, 3.05) is 12.0 Å². The van der Waals surface area contributed by atoms with Crippen LogP contribution < -0.4 is 14.4 Å². The number of amides is 1. The lowest BCUT2D eigenvalue weighted by Crippen LogP contribution is -2.38. The number of carbonyl (C=O) groups excluding carboxylic acids is 1. The molecule has 1 aliphatic heterocycles. The molecule has 3 aromatic rings. The minimum atomic E-state index is -0.361.